The number of rotatable bonds is 7. The van der Waals surface area contributed by atoms with Gasteiger partial charge in [0, 0.05) is 6.42 Å². The van der Waals surface area contributed by atoms with Gasteiger partial charge in [-0.3, -0.25) is 4.79 Å². The fraction of sp³-hybridized carbons (Fsp3) is 0.727. The molecule has 0 aromatic carbocycles. The van der Waals surface area contributed by atoms with Gasteiger partial charge in [0.2, 0.25) is 0 Å². The summed E-state index contributed by atoms with van der Waals surface area (Å²) in [5, 5.41) is 0. The van der Waals surface area contributed by atoms with Crippen molar-refractivity contribution < 1.29 is 9.53 Å². The maximum Gasteiger partial charge on any atom is 0.293 e. The Morgan fingerprint density at radius 2 is 2.15 bits per heavy atom. The Bertz CT molecular complexity index is 151. The summed E-state index contributed by atoms with van der Waals surface area (Å²) in [6.07, 6.45) is 4.46. The van der Waals surface area contributed by atoms with Gasteiger partial charge in [0.1, 0.15) is 5.60 Å². The molecule has 0 fully saturated rings. The minimum Gasteiger partial charge on any atom is -0.461 e. The predicted molar refractivity (Wildman–Crippen MR) is 54.4 cm³/mol. The molecule has 0 spiro atoms. The summed E-state index contributed by atoms with van der Waals surface area (Å²) < 4.78 is 5.22. The third kappa shape index (κ3) is 3.21. The highest BCUT2D eigenvalue weighted by Gasteiger charge is 2.33. The molecule has 0 amide bonds. The van der Waals surface area contributed by atoms with Gasteiger partial charge in [0.05, 0.1) is 0 Å². The Balaban J connectivity index is 4.56. The zero-order valence-electron chi connectivity index (χ0n) is 8.88. The van der Waals surface area contributed by atoms with Crippen LogP contribution >= 0.6 is 0 Å². The Morgan fingerprint density at radius 1 is 1.54 bits per heavy atom. The third-order valence-electron chi connectivity index (χ3n) is 2.50. The molecule has 0 rings (SSSR count). The first kappa shape index (κ1) is 12.2. The van der Waals surface area contributed by atoms with Gasteiger partial charge in [-0.05, 0) is 12.3 Å². The monoisotopic (exact) mass is 184 g/mol. The summed E-state index contributed by atoms with van der Waals surface area (Å²) in [4.78, 5) is 10.4. The molecule has 0 aliphatic rings. The van der Waals surface area contributed by atoms with Gasteiger partial charge >= 0.3 is 0 Å². The maximum absolute atomic E-state index is 10.4. The van der Waals surface area contributed by atoms with Crippen LogP contribution in [-0.4, -0.2) is 12.1 Å². The fourth-order valence-corrected chi connectivity index (χ4v) is 1.63. The van der Waals surface area contributed by atoms with Gasteiger partial charge in [-0.15, -0.1) is 6.58 Å². The first-order valence-corrected chi connectivity index (χ1v) is 4.85. The zero-order chi connectivity index (χ0) is 10.3. The van der Waals surface area contributed by atoms with E-state index >= 15 is 0 Å². The van der Waals surface area contributed by atoms with E-state index in [4.69, 9.17) is 4.74 Å². The molecule has 0 radical (unpaired) electrons. The SMILES string of the molecule is C=CCC(CCC)(OC=O)C(C)C. The molecule has 0 N–H and O–H groups in total. The van der Waals surface area contributed by atoms with Gasteiger partial charge in [-0.25, -0.2) is 0 Å². The Hall–Kier alpha value is -0.790. The van der Waals surface area contributed by atoms with Gasteiger partial charge < -0.3 is 4.74 Å². The summed E-state index contributed by atoms with van der Waals surface area (Å²) in [5.41, 5.74) is -0.335. The molecule has 13 heavy (non-hydrogen) atoms. The molecular weight excluding hydrogens is 164 g/mol. The quantitative estimate of drug-likeness (QED) is 0.449. The van der Waals surface area contributed by atoms with Crippen LogP contribution in [0.25, 0.3) is 0 Å². The van der Waals surface area contributed by atoms with Crippen LogP contribution in [0.5, 0.6) is 0 Å². The van der Waals surface area contributed by atoms with E-state index in [1.165, 1.54) is 0 Å². The lowest BCUT2D eigenvalue weighted by Gasteiger charge is -2.34. The lowest BCUT2D eigenvalue weighted by molar-refractivity contribution is -0.149. The van der Waals surface area contributed by atoms with Gasteiger partial charge in [-0.2, -0.15) is 0 Å². The van der Waals surface area contributed by atoms with Crippen LogP contribution < -0.4 is 0 Å². The largest absolute Gasteiger partial charge is 0.461 e. The van der Waals surface area contributed by atoms with E-state index in [1.807, 2.05) is 6.08 Å². The molecule has 1 unspecified atom stereocenters. The minimum atomic E-state index is -0.335. The molecule has 0 saturated heterocycles. The normalized spacial score (nSPS) is 15.1. The van der Waals surface area contributed by atoms with Gasteiger partial charge in [-0.1, -0.05) is 33.3 Å². The molecule has 0 aliphatic carbocycles. The smallest absolute Gasteiger partial charge is 0.293 e. The first-order chi connectivity index (χ1) is 6.13. The summed E-state index contributed by atoms with van der Waals surface area (Å²) in [5.74, 6) is 0.329. The van der Waals surface area contributed by atoms with E-state index in [-0.39, 0.29) is 5.60 Å². The lowest BCUT2D eigenvalue weighted by atomic mass is 9.83. The Morgan fingerprint density at radius 3 is 2.46 bits per heavy atom. The molecule has 2 nitrogen and oxygen atoms in total. The van der Waals surface area contributed by atoms with Crippen LogP contribution in [-0.2, 0) is 9.53 Å². The summed E-state index contributed by atoms with van der Waals surface area (Å²) >= 11 is 0. The van der Waals surface area contributed by atoms with E-state index in [1.54, 1.807) is 0 Å². The number of ether oxygens (including phenoxy) is 1. The van der Waals surface area contributed by atoms with Crippen molar-refractivity contribution in [1.82, 2.24) is 0 Å². The molecule has 0 aromatic heterocycles. The highest BCUT2D eigenvalue weighted by molar-refractivity contribution is 5.38. The average Bonchev–Trinajstić information content (AvgIpc) is 2.05. The van der Waals surface area contributed by atoms with Crippen LogP contribution in [0.1, 0.15) is 40.0 Å². The molecule has 76 valence electrons. The van der Waals surface area contributed by atoms with Crippen LogP contribution in [0.15, 0.2) is 12.7 Å². The summed E-state index contributed by atoms with van der Waals surface area (Å²) in [7, 11) is 0. The van der Waals surface area contributed by atoms with Crippen LogP contribution in [0.4, 0.5) is 0 Å². The standard InChI is InChI=1S/C11H20O2/c1-5-7-11(8-6-2,10(3)4)13-9-12/h5,9-10H,1,6-8H2,2-4H3. The molecule has 0 aromatic rings. The van der Waals surface area contributed by atoms with Crippen molar-refractivity contribution in [3.63, 3.8) is 0 Å². The Labute approximate surface area is 81.0 Å². The van der Waals surface area contributed by atoms with Crippen LogP contribution in [0.3, 0.4) is 0 Å². The highest BCUT2D eigenvalue weighted by Crippen LogP contribution is 2.30. The molecule has 0 heterocycles. The van der Waals surface area contributed by atoms with E-state index < -0.39 is 0 Å². The molecule has 1 atom stereocenters. The van der Waals surface area contributed by atoms with Crippen molar-refractivity contribution in [3.05, 3.63) is 12.7 Å². The summed E-state index contributed by atoms with van der Waals surface area (Å²) in [6.45, 7) is 10.5. The maximum atomic E-state index is 10.4. The molecule has 2 heteroatoms. The number of carbonyl (C=O) groups excluding carboxylic acids is 1. The van der Waals surface area contributed by atoms with Crippen LogP contribution in [0, 0.1) is 5.92 Å². The second kappa shape index (κ2) is 5.79. The van der Waals surface area contributed by atoms with Crippen molar-refractivity contribution in [2.45, 2.75) is 45.6 Å². The van der Waals surface area contributed by atoms with Crippen molar-refractivity contribution in [2.24, 2.45) is 5.92 Å². The van der Waals surface area contributed by atoms with E-state index in [0.29, 0.717) is 12.4 Å². The topological polar surface area (TPSA) is 26.3 Å². The van der Waals surface area contributed by atoms with Gasteiger partial charge in [0.25, 0.3) is 6.47 Å². The van der Waals surface area contributed by atoms with Crippen molar-refractivity contribution >= 4 is 6.47 Å². The van der Waals surface area contributed by atoms with Crippen molar-refractivity contribution in [2.75, 3.05) is 0 Å². The molecule has 0 saturated carbocycles. The van der Waals surface area contributed by atoms with E-state index in [2.05, 4.69) is 27.4 Å². The third-order valence-corrected chi connectivity index (χ3v) is 2.50. The van der Waals surface area contributed by atoms with E-state index in [0.717, 1.165) is 19.3 Å². The predicted octanol–water partition coefficient (Wildman–Crippen LogP) is 2.93. The fourth-order valence-electron chi connectivity index (χ4n) is 1.63. The number of carbonyl (C=O) groups is 1. The summed E-state index contributed by atoms with van der Waals surface area (Å²) in [6, 6.07) is 0. The second-order valence-electron chi connectivity index (χ2n) is 3.68. The second-order valence-corrected chi connectivity index (χ2v) is 3.68. The van der Waals surface area contributed by atoms with Crippen molar-refractivity contribution in [3.8, 4) is 0 Å². The van der Waals surface area contributed by atoms with Crippen molar-refractivity contribution in [1.29, 1.82) is 0 Å². The lowest BCUT2D eigenvalue weighted by Crippen LogP contribution is -2.37. The van der Waals surface area contributed by atoms with Gasteiger partial charge in [0.15, 0.2) is 0 Å². The molecular formula is C11H20O2. The molecule has 0 aliphatic heterocycles. The number of hydrogen-bond acceptors (Lipinski definition) is 2. The average molecular weight is 184 g/mol. The molecule has 0 bridgehead atoms. The zero-order valence-corrected chi connectivity index (χ0v) is 8.88. The van der Waals surface area contributed by atoms with Crippen LogP contribution in [0.2, 0.25) is 0 Å². The Kier molecular flexibility index (Phi) is 5.44. The number of hydrogen-bond donors (Lipinski definition) is 0. The minimum absolute atomic E-state index is 0.329. The first-order valence-electron chi connectivity index (χ1n) is 4.85. The highest BCUT2D eigenvalue weighted by atomic mass is 16.5. The van der Waals surface area contributed by atoms with E-state index in [9.17, 15) is 4.79 Å².